The van der Waals surface area contributed by atoms with Gasteiger partial charge in [0.25, 0.3) is 17.7 Å². The Morgan fingerprint density at radius 2 is 0.814 bits per heavy atom. The van der Waals surface area contributed by atoms with E-state index in [4.69, 9.17) is 27.2 Å². The van der Waals surface area contributed by atoms with Gasteiger partial charge < -0.3 is 66.5 Å². The Balaban J connectivity index is 0.000000134. The number of piperazine rings is 2. The van der Waals surface area contributed by atoms with E-state index >= 15 is 0 Å². The zero-order valence-electron chi connectivity index (χ0n) is 66.9. The number of carbonyl (C=O) groups excluding carboxylic acids is 4. The van der Waals surface area contributed by atoms with E-state index in [1.807, 2.05) is 85.7 Å². The van der Waals surface area contributed by atoms with E-state index in [0.717, 1.165) is 183 Å². The van der Waals surface area contributed by atoms with E-state index in [-0.39, 0.29) is 38.8 Å². The number of hydrogen-bond donors (Lipinski definition) is 6. The fourth-order valence-electron chi connectivity index (χ4n) is 16.8. The van der Waals surface area contributed by atoms with E-state index in [1.165, 1.54) is 87.3 Å². The molecule has 604 valence electrons. The third-order valence-corrected chi connectivity index (χ3v) is 23.4. The Labute approximate surface area is 682 Å². The number of primary amides is 3. The van der Waals surface area contributed by atoms with Crippen molar-refractivity contribution in [3.63, 3.8) is 0 Å². The minimum absolute atomic E-state index is 0.0850. The van der Waals surface area contributed by atoms with E-state index in [0.29, 0.717) is 47.2 Å². The molecule has 3 saturated heterocycles. The third kappa shape index (κ3) is 17.7. The van der Waals surface area contributed by atoms with Crippen LogP contribution in [0.1, 0.15) is 119 Å². The molecule has 0 radical (unpaired) electrons. The summed E-state index contributed by atoms with van der Waals surface area (Å²) in [5.74, 6) is -0.689. The molecule has 0 unspecified atom stereocenters. The second-order valence-electron chi connectivity index (χ2n) is 32.0. The van der Waals surface area contributed by atoms with Gasteiger partial charge in [-0.1, -0.05) is 54.6 Å². The first-order valence-corrected chi connectivity index (χ1v) is 40.5. The highest BCUT2D eigenvalue weighted by Crippen LogP contribution is 2.34. The molecule has 28 heteroatoms. The number of benzene rings is 6. The summed E-state index contributed by atoms with van der Waals surface area (Å²) < 4.78 is 5.28. The number of aryl methyl sites for hydroxylation is 6. The van der Waals surface area contributed by atoms with Gasteiger partial charge in [-0.15, -0.1) is 0 Å². The van der Waals surface area contributed by atoms with Crippen LogP contribution in [-0.4, -0.2) is 197 Å². The predicted molar refractivity (Wildman–Crippen MR) is 459 cm³/mol. The Morgan fingerprint density at radius 1 is 0.432 bits per heavy atom. The zero-order chi connectivity index (χ0) is 81.8. The number of aromatic nitrogens is 9. The molecule has 6 aromatic carbocycles. The first-order chi connectivity index (χ1) is 57.1. The fourth-order valence-corrected chi connectivity index (χ4v) is 16.8. The Hall–Kier alpha value is -12.7. The summed E-state index contributed by atoms with van der Waals surface area (Å²) in [5.41, 5.74) is 32.6. The number of amides is 4. The molecule has 3 aliphatic carbocycles. The number of nitrogens with zero attached hydrogens (tertiary/aromatic N) is 15. The van der Waals surface area contributed by atoms with Crippen LogP contribution in [0.2, 0.25) is 0 Å². The monoisotopic (exact) mass is 1580 g/mol. The van der Waals surface area contributed by atoms with Gasteiger partial charge in [-0.25, -0.2) is 15.0 Å². The van der Waals surface area contributed by atoms with E-state index in [2.05, 4.69) is 135 Å². The second-order valence-corrected chi connectivity index (χ2v) is 32.0. The molecular weight excluding hydrogens is 1490 g/mol. The number of fused-ring (bicyclic) bond motifs is 6. The van der Waals surface area contributed by atoms with Gasteiger partial charge in [-0.3, -0.25) is 43.4 Å². The number of nitrogens with one attached hydrogen (secondary N) is 3. The standard InChI is InChI=1S/C35H40N8O3.C29H31N7O2.C26H26N6O2/c1-40-14-16-41(17-15-40)22-31(44)42-12-10-24(11-13-42)25-6-3-7-27(18-25)38-35-37-20-29-32(45)30(33(36)46)21-43(34(29)39-35)28-9-8-23-4-2-5-26(23)19-28;1-34-11-13-35(14-12-34)17-19-5-8-22(9-6-19)32-29-31-16-24-26(37)25(27(30)38)18-36(28(24)33-29)23-10-7-20-3-2-4-21(20)15-23;1-31(2)14-16-6-9-19(10-7-16)29-26-28-13-21-23(33)22(24(27)34)15-32(25(21)30-26)20-11-8-17-4-3-5-18(17)12-20/h3,6-9,18-21,24H,2,4-5,10-17,22H2,1H3,(H2,36,46)(H,37,38,39);5-10,15-16,18H,2-4,11-14,17H2,1H3,(H2,30,38)(H,31,32,33);6-13,15H,3-5,14H2,1-2H3,(H2,27,34)(H,28,29,30). The predicted octanol–water partition coefficient (Wildman–Crippen LogP) is 9.10. The van der Waals surface area contributed by atoms with E-state index in [1.54, 1.807) is 13.7 Å². The van der Waals surface area contributed by atoms with Crippen LogP contribution in [0.4, 0.5) is 34.9 Å². The molecular formula is C90H97N21O7. The summed E-state index contributed by atoms with van der Waals surface area (Å²) in [5, 5.41) is 10.5. The molecule has 28 nitrogen and oxygen atoms in total. The number of hydrogen-bond acceptors (Lipinski definition) is 21. The lowest BCUT2D eigenvalue weighted by Gasteiger charge is -2.36. The van der Waals surface area contributed by atoms with Gasteiger partial charge in [0, 0.05) is 150 Å². The normalized spacial score (nSPS) is 15.8. The molecule has 4 amide bonds. The second kappa shape index (κ2) is 34.6. The van der Waals surface area contributed by atoms with Crippen molar-refractivity contribution in [3.05, 3.63) is 262 Å². The molecule has 9 N–H and O–H groups in total. The van der Waals surface area contributed by atoms with Gasteiger partial charge in [0.05, 0.1) is 22.7 Å². The topological polar surface area (TPSA) is 345 Å². The molecule has 3 fully saturated rings. The van der Waals surface area contributed by atoms with Crippen molar-refractivity contribution < 1.29 is 19.2 Å². The number of piperidine rings is 1. The molecule has 0 saturated carbocycles. The minimum Gasteiger partial charge on any atom is -0.365 e. The van der Waals surface area contributed by atoms with Gasteiger partial charge in [0.15, 0.2) is 16.9 Å². The highest BCUT2D eigenvalue weighted by molar-refractivity contribution is 5.98. The maximum Gasteiger partial charge on any atom is 0.254 e. The maximum absolute atomic E-state index is 13.2. The maximum atomic E-state index is 13.2. The van der Waals surface area contributed by atoms with Crippen molar-refractivity contribution >= 4 is 91.6 Å². The number of pyridine rings is 3. The molecule has 3 aliphatic heterocycles. The molecule has 118 heavy (non-hydrogen) atoms. The molecule has 0 bridgehead atoms. The molecule has 6 aromatic heterocycles. The van der Waals surface area contributed by atoms with Crippen LogP contribution in [0, 0.1) is 0 Å². The quantitative estimate of drug-likeness (QED) is 0.0439. The number of rotatable bonds is 19. The number of nitrogens with two attached hydrogens (primary N) is 3. The van der Waals surface area contributed by atoms with Crippen molar-refractivity contribution in [2.45, 2.75) is 89.6 Å². The van der Waals surface area contributed by atoms with Crippen LogP contribution in [0.15, 0.2) is 179 Å². The third-order valence-electron chi connectivity index (χ3n) is 23.4. The lowest BCUT2D eigenvalue weighted by molar-refractivity contribution is -0.133. The average molecular weight is 1580 g/mol. The smallest absolute Gasteiger partial charge is 0.254 e. The minimum atomic E-state index is -0.786. The molecule has 18 rings (SSSR count). The van der Waals surface area contributed by atoms with Crippen LogP contribution in [-0.2, 0) is 56.4 Å². The first kappa shape index (κ1) is 79.1. The number of likely N-dealkylation sites (N-methyl/N-ethyl adjacent to an activating group) is 2. The fraction of sp³-hybridized carbons (Fsp3) is 0.322. The summed E-state index contributed by atoms with van der Waals surface area (Å²) in [7, 11) is 8.34. The van der Waals surface area contributed by atoms with Gasteiger partial charge in [0.1, 0.15) is 16.7 Å². The van der Waals surface area contributed by atoms with Crippen LogP contribution in [0.3, 0.4) is 0 Å². The van der Waals surface area contributed by atoms with Crippen LogP contribution >= 0.6 is 0 Å². The highest BCUT2D eigenvalue weighted by Gasteiger charge is 2.29. The Kier molecular flexibility index (Phi) is 23.2. The summed E-state index contributed by atoms with van der Waals surface area (Å²) >= 11 is 0. The van der Waals surface area contributed by atoms with Gasteiger partial charge in [-0.2, -0.15) is 15.0 Å². The lowest BCUT2D eigenvalue weighted by atomic mass is 9.89. The van der Waals surface area contributed by atoms with Crippen LogP contribution < -0.4 is 49.4 Å². The Bertz CT molecular complexity index is 6040. The van der Waals surface area contributed by atoms with Gasteiger partial charge in [-0.05, 0) is 228 Å². The zero-order valence-corrected chi connectivity index (χ0v) is 66.9. The first-order valence-electron chi connectivity index (χ1n) is 40.5. The molecule has 12 aromatic rings. The van der Waals surface area contributed by atoms with E-state index < -0.39 is 34.0 Å². The van der Waals surface area contributed by atoms with E-state index in [9.17, 15) is 33.6 Å². The number of anilines is 6. The van der Waals surface area contributed by atoms with Crippen molar-refractivity contribution in [2.75, 3.05) is 116 Å². The molecule has 0 atom stereocenters. The van der Waals surface area contributed by atoms with Gasteiger partial charge in [0.2, 0.25) is 40.0 Å². The average Bonchev–Trinajstić information content (AvgIpc) is 0.794. The van der Waals surface area contributed by atoms with Crippen molar-refractivity contribution in [1.29, 1.82) is 0 Å². The van der Waals surface area contributed by atoms with Crippen LogP contribution in [0.5, 0.6) is 0 Å². The van der Waals surface area contributed by atoms with Crippen molar-refractivity contribution in [1.82, 2.24) is 73.0 Å². The molecule has 9 heterocycles. The van der Waals surface area contributed by atoms with Crippen molar-refractivity contribution in [2.24, 2.45) is 17.2 Å². The van der Waals surface area contributed by atoms with Crippen LogP contribution in [0.25, 0.3) is 50.2 Å². The summed E-state index contributed by atoms with van der Waals surface area (Å²) in [4.78, 5) is 129. The van der Waals surface area contributed by atoms with Gasteiger partial charge >= 0.3 is 0 Å². The SMILES string of the molecule is CN(C)Cc1ccc(Nc2ncc3c(=O)c(C(N)=O)cn(-c4ccc5c(c4)CCC5)c3n2)cc1.CN1CCN(CC(=O)N2CCC(c3cccc(Nc4ncc5c(=O)c(C(N)=O)cn(-c6ccc7c(c6)CCC7)c5n4)c3)CC2)CC1.CN1CCN(Cc2ccc(Nc3ncc4c(=O)c(C(N)=O)cn(-c5ccc6c(c5)CCC6)c4n3)cc2)CC1. The number of likely N-dealkylation sites (tertiary alicyclic amines) is 1. The summed E-state index contributed by atoms with van der Waals surface area (Å²) in [6.45, 7) is 12.0. The summed E-state index contributed by atoms with van der Waals surface area (Å²) in [6.07, 6.45) is 20.2. The van der Waals surface area contributed by atoms with Crippen molar-refractivity contribution in [3.8, 4) is 17.1 Å². The Morgan fingerprint density at radius 3 is 1.21 bits per heavy atom. The summed E-state index contributed by atoms with van der Waals surface area (Å²) in [6, 6.07) is 43.1. The molecule has 0 spiro atoms. The lowest BCUT2D eigenvalue weighted by Crippen LogP contribution is -2.50. The highest BCUT2D eigenvalue weighted by atomic mass is 16.2. The molecule has 6 aliphatic rings. The largest absolute Gasteiger partial charge is 0.365 e. The number of carbonyl (C=O) groups is 4.